The Morgan fingerprint density at radius 3 is 2.64 bits per heavy atom. The van der Waals surface area contributed by atoms with Crippen LogP contribution in [0.15, 0.2) is 0 Å². The molecule has 0 amide bonds. The fraction of sp³-hybridized carbons (Fsp3) is 1.00. The average molecular weight is 155 g/mol. The summed E-state index contributed by atoms with van der Waals surface area (Å²) in [4.78, 5) is 2.48. The van der Waals surface area contributed by atoms with Crippen LogP contribution >= 0.6 is 0 Å². The standard InChI is InChI=1S/C10H21N/c1-9-8-10(2,3)6-5-7-11(9)4/h9H,5-8H2,1-4H3. The summed E-state index contributed by atoms with van der Waals surface area (Å²) in [7, 11) is 2.24. The van der Waals surface area contributed by atoms with E-state index < -0.39 is 0 Å². The smallest absolute Gasteiger partial charge is 0.00689 e. The molecule has 1 aliphatic rings. The van der Waals surface area contributed by atoms with Gasteiger partial charge in [0.15, 0.2) is 0 Å². The Hall–Kier alpha value is -0.0400. The largest absolute Gasteiger partial charge is 0.304 e. The molecule has 11 heavy (non-hydrogen) atoms. The molecule has 1 fully saturated rings. The van der Waals surface area contributed by atoms with E-state index in [1.807, 2.05) is 0 Å². The van der Waals surface area contributed by atoms with Gasteiger partial charge in [-0.3, -0.25) is 0 Å². The Labute approximate surface area is 70.8 Å². The highest BCUT2D eigenvalue weighted by atomic mass is 15.1. The van der Waals surface area contributed by atoms with Gasteiger partial charge in [0.25, 0.3) is 0 Å². The predicted octanol–water partition coefficient (Wildman–Crippen LogP) is 2.52. The molecule has 1 saturated heterocycles. The Bertz CT molecular complexity index is 129. The average Bonchev–Trinajstić information content (AvgIpc) is 1.93. The van der Waals surface area contributed by atoms with Crippen molar-refractivity contribution in [1.29, 1.82) is 0 Å². The van der Waals surface area contributed by atoms with E-state index in [-0.39, 0.29) is 0 Å². The fourth-order valence-corrected chi connectivity index (χ4v) is 2.09. The van der Waals surface area contributed by atoms with Crippen LogP contribution in [0.25, 0.3) is 0 Å². The number of hydrogen-bond acceptors (Lipinski definition) is 1. The first-order valence-corrected chi connectivity index (χ1v) is 4.71. The van der Waals surface area contributed by atoms with Crippen LogP contribution in [0, 0.1) is 5.41 Å². The Balaban J connectivity index is 2.55. The zero-order valence-corrected chi connectivity index (χ0v) is 8.35. The van der Waals surface area contributed by atoms with Crippen molar-refractivity contribution in [3.05, 3.63) is 0 Å². The topological polar surface area (TPSA) is 3.24 Å². The summed E-state index contributed by atoms with van der Waals surface area (Å²) in [6.45, 7) is 8.41. The van der Waals surface area contributed by atoms with E-state index >= 15 is 0 Å². The quantitative estimate of drug-likeness (QED) is 0.519. The molecule has 1 aliphatic heterocycles. The second-order valence-electron chi connectivity index (χ2n) is 4.80. The molecule has 0 aromatic carbocycles. The Morgan fingerprint density at radius 2 is 2.00 bits per heavy atom. The van der Waals surface area contributed by atoms with Crippen LogP contribution in [0.4, 0.5) is 0 Å². The summed E-state index contributed by atoms with van der Waals surface area (Å²) in [5.41, 5.74) is 0.574. The van der Waals surface area contributed by atoms with Crippen LogP contribution in [-0.4, -0.2) is 24.5 Å². The Kier molecular flexibility index (Phi) is 2.58. The van der Waals surface area contributed by atoms with Gasteiger partial charge in [0.2, 0.25) is 0 Å². The fourth-order valence-electron chi connectivity index (χ4n) is 2.09. The van der Waals surface area contributed by atoms with E-state index in [0.29, 0.717) is 5.41 Å². The molecular formula is C10H21N. The predicted molar refractivity (Wildman–Crippen MR) is 49.7 cm³/mol. The van der Waals surface area contributed by atoms with Gasteiger partial charge in [-0.15, -0.1) is 0 Å². The van der Waals surface area contributed by atoms with Crippen molar-refractivity contribution < 1.29 is 0 Å². The first-order valence-electron chi connectivity index (χ1n) is 4.71. The number of nitrogens with zero attached hydrogens (tertiary/aromatic N) is 1. The molecule has 0 radical (unpaired) electrons. The molecule has 1 unspecified atom stereocenters. The third-order valence-corrected chi connectivity index (χ3v) is 2.96. The number of hydrogen-bond donors (Lipinski definition) is 0. The van der Waals surface area contributed by atoms with Gasteiger partial charge in [-0.1, -0.05) is 13.8 Å². The van der Waals surface area contributed by atoms with Gasteiger partial charge in [-0.2, -0.15) is 0 Å². The molecule has 1 heterocycles. The summed E-state index contributed by atoms with van der Waals surface area (Å²) in [6.07, 6.45) is 4.11. The van der Waals surface area contributed by atoms with E-state index in [1.165, 1.54) is 25.8 Å². The van der Waals surface area contributed by atoms with Crippen molar-refractivity contribution in [3.8, 4) is 0 Å². The number of rotatable bonds is 0. The van der Waals surface area contributed by atoms with Crippen LogP contribution in [0.2, 0.25) is 0 Å². The van der Waals surface area contributed by atoms with Gasteiger partial charge < -0.3 is 4.90 Å². The van der Waals surface area contributed by atoms with Crippen molar-refractivity contribution in [2.45, 2.75) is 46.1 Å². The van der Waals surface area contributed by atoms with E-state index in [9.17, 15) is 0 Å². The van der Waals surface area contributed by atoms with Gasteiger partial charge >= 0.3 is 0 Å². The van der Waals surface area contributed by atoms with Crippen molar-refractivity contribution in [2.75, 3.05) is 13.6 Å². The number of likely N-dealkylation sites (tertiary alicyclic amines) is 1. The van der Waals surface area contributed by atoms with Gasteiger partial charge in [-0.05, 0) is 45.2 Å². The minimum Gasteiger partial charge on any atom is -0.304 e. The highest BCUT2D eigenvalue weighted by molar-refractivity contribution is 4.79. The zero-order chi connectivity index (χ0) is 8.48. The second kappa shape index (κ2) is 3.14. The van der Waals surface area contributed by atoms with Gasteiger partial charge in [0, 0.05) is 6.04 Å². The SMILES string of the molecule is CC1CC(C)(C)CCCN1C. The molecule has 0 bridgehead atoms. The maximum Gasteiger partial charge on any atom is 0.00689 e. The van der Waals surface area contributed by atoms with E-state index in [2.05, 4.69) is 32.7 Å². The molecule has 0 aliphatic carbocycles. The van der Waals surface area contributed by atoms with E-state index in [1.54, 1.807) is 0 Å². The molecule has 1 rings (SSSR count). The zero-order valence-electron chi connectivity index (χ0n) is 8.35. The lowest BCUT2D eigenvalue weighted by molar-refractivity contribution is 0.223. The van der Waals surface area contributed by atoms with Crippen molar-refractivity contribution >= 4 is 0 Å². The summed E-state index contributed by atoms with van der Waals surface area (Å²) >= 11 is 0. The normalized spacial score (nSPS) is 33.3. The van der Waals surface area contributed by atoms with Crippen LogP contribution in [0.3, 0.4) is 0 Å². The molecule has 0 aromatic rings. The van der Waals surface area contributed by atoms with Crippen molar-refractivity contribution in [3.63, 3.8) is 0 Å². The van der Waals surface area contributed by atoms with Crippen molar-refractivity contribution in [1.82, 2.24) is 4.90 Å². The van der Waals surface area contributed by atoms with Crippen LogP contribution in [0.5, 0.6) is 0 Å². The summed E-state index contributed by atoms with van der Waals surface area (Å²) in [6, 6.07) is 0.771. The first kappa shape index (κ1) is 9.05. The van der Waals surface area contributed by atoms with Crippen LogP contribution in [0.1, 0.15) is 40.0 Å². The summed E-state index contributed by atoms with van der Waals surface area (Å²) in [5, 5.41) is 0. The third-order valence-electron chi connectivity index (χ3n) is 2.96. The van der Waals surface area contributed by atoms with Gasteiger partial charge in [-0.25, -0.2) is 0 Å². The molecular weight excluding hydrogens is 134 g/mol. The maximum atomic E-state index is 2.48. The minimum absolute atomic E-state index is 0.574. The first-order chi connectivity index (χ1) is 5.01. The molecule has 0 saturated carbocycles. The lowest BCUT2D eigenvalue weighted by atomic mass is 9.83. The summed E-state index contributed by atoms with van der Waals surface area (Å²) < 4.78 is 0. The third kappa shape index (κ3) is 2.48. The second-order valence-corrected chi connectivity index (χ2v) is 4.80. The van der Waals surface area contributed by atoms with E-state index in [4.69, 9.17) is 0 Å². The monoisotopic (exact) mass is 155 g/mol. The van der Waals surface area contributed by atoms with Crippen molar-refractivity contribution in [2.24, 2.45) is 5.41 Å². The lowest BCUT2D eigenvalue weighted by Crippen LogP contribution is -2.30. The molecule has 66 valence electrons. The van der Waals surface area contributed by atoms with Crippen LogP contribution in [-0.2, 0) is 0 Å². The maximum absolute atomic E-state index is 2.48. The van der Waals surface area contributed by atoms with E-state index in [0.717, 1.165) is 6.04 Å². The minimum atomic E-state index is 0.574. The Morgan fingerprint density at radius 1 is 1.36 bits per heavy atom. The molecule has 1 nitrogen and oxygen atoms in total. The molecule has 0 spiro atoms. The highest BCUT2D eigenvalue weighted by Crippen LogP contribution is 2.32. The van der Waals surface area contributed by atoms with Gasteiger partial charge in [0.05, 0.1) is 0 Å². The molecule has 0 N–H and O–H groups in total. The van der Waals surface area contributed by atoms with Crippen LogP contribution < -0.4 is 0 Å². The lowest BCUT2D eigenvalue weighted by Gasteiger charge is -2.27. The molecule has 0 aromatic heterocycles. The highest BCUT2D eigenvalue weighted by Gasteiger charge is 2.25. The van der Waals surface area contributed by atoms with Gasteiger partial charge in [0.1, 0.15) is 0 Å². The molecule has 1 heteroatoms. The summed E-state index contributed by atoms with van der Waals surface area (Å²) in [5.74, 6) is 0. The molecule has 1 atom stereocenters.